The molecular formula is C24H23N3O3. The maximum Gasteiger partial charge on any atom is 0.264 e. The van der Waals surface area contributed by atoms with Crippen molar-refractivity contribution in [2.45, 2.75) is 6.54 Å². The van der Waals surface area contributed by atoms with E-state index in [0.717, 1.165) is 49.7 Å². The molecular weight excluding hydrogens is 378 g/mol. The lowest BCUT2D eigenvalue weighted by atomic mass is 10.1. The Morgan fingerprint density at radius 3 is 2.43 bits per heavy atom. The van der Waals surface area contributed by atoms with Crippen LogP contribution in [0.25, 0.3) is 33.5 Å². The van der Waals surface area contributed by atoms with E-state index in [4.69, 9.17) is 9.26 Å². The van der Waals surface area contributed by atoms with Crippen molar-refractivity contribution in [2.24, 2.45) is 7.05 Å². The number of fused-ring (bicyclic) bond motifs is 1. The normalized spacial score (nSPS) is 15.0. The number of benzene rings is 2. The summed E-state index contributed by atoms with van der Waals surface area (Å²) >= 11 is 0. The molecule has 0 aliphatic carbocycles. The Morgan fingerprint density at radius 1 is 0.967 bits per heavy atom. The van der Waals surface area contributed by atoms with Gasteiger partial charge in [-0.05, 0) is 11.1 Å². The highest BCUT2D eigenvalue weighted by atomic mass is 16.5. The lowest BCUT2D eigenvalue weighted by molar-refractivity contribution is 0.0342. The first-order chi connectivity index (χ1) is 14.7. The topological polar surface area (TPSA) is 60.5 Å². The minimum Gasteiger partial charge on any atom is -0.379 e. The molecule has 1 aliphatic rings. The molecule has 3 heterocycles. The lowest BCUT2D eigenvalue weighted by Gasteiger charge is -2.26. The first-order valence-corrected chi connectivity index (χ1v) is 10.1. The molecule has 1 saturated heterocycles. The second-order valence-corrected chi connectivity index (χ2v) is 7.62. The van der Waals surface area contributed by atoms with E-state index in [2.05, 4.69) is 34.3 Å². The first kappa shape index (κ1) is 18.8. The summed E-state index contributed by atoms with van der Waals surface area (Å²) in [5.74, 6) is 0. The van der Waals surface area contributed by atoms with Gasteiger partial charge in [0.05, 0.1) is 18.9 Å². The molecule has 30 heavy (non-hydrogen) atoms. The molecule has 2 aromatic carbocycles. The molecule has 0 saturated carbocycles. The van der Waals surface area contributed by atoms with Gasteiger partial charge in [0.1, 0.15) is 11.1 Å². The molecule has 0 unspecified atom stereocenters. The molecule has 0 radical (unpaired) electrons. The van der Waals surface area contributed by atoms with Gasteiger partial charge in [-0.25, -0.2) is 0 Å². The Morgan fingerprint density at radius 2 is 1.70 bits per heavy atom. The average molecular weight is 401 g/mol. The van der Waals surface area contributed by atoms with Gasteiger partial charge in [0, 0.05) is 38.3 Å². The lowest BCUT2D eigenvalue weighted by Crippen LogP contribution is -2.35. The van der Waals surface area contributed by atoms with E-state index in [1.807, 2.05) is 36.4 Å². The fourth-order valence-electron chi connectivity index (χ4n) is 3.97. The second-order valence-electron chi connectivity index (χ2n) is 7.62. The summed E-state index contributed by atoms with van der Waals surface area (Å²) in [7, 11) is 1.79. The first-order valence-electron chi connectivity index (χ1n) is 10.1. The smallest absolute Gasteiger partial charge is 0.264 e. The molecule has 4 aromatic rings. The number of pyridine rings is 1. The van der Waals surface area contributed by atoms with Crippen LogP contribution in [-0.2, 0) is 18.3 Å². The van der Waals surface area contributed by atoms with Gasteiger partial charge in [-0.3, -0.25) is 9.69 Å². The van der Waals surface area contributed by atoms with Gasteiger partial charge in [-0.15, -0.1) is 0 Å². The molecule has 152 valence electrons. The van der Waals surface area contributed by atoms with Crippen molar-refractivity contribution in [3.8, 4) is 22.5 Å². The Balaban J connectivity index is 1.49. The fourth-order valence-corrected chi connectivity index (χ4v) is 3.97. The van der Waals surface area contributed by atoms with Crippen LogP contribution < -0.4 is 5.56 Å². The van der Waals surface area contributed by atoms with E-state index in [1.165, 1.54) is 5.56 Å². The third kappa shape index (κ3) is 3.44. The number of nitrogens with zero attached hydrogens (tertiary/aromatic N) is 3. The van der Waals surface area contributed by atoms with Crippen LogP contribution in [0.5, 0.6) is 0 Å². The Bertz CT molecular complexity index is 1220. The van der Waals surface area contributed by atoms with Gasteiger partial charge in [-0.2, -0.15) is 0 Å². The van der Waals surface area contributed by atoms with Crippen LogP contribution in [0.1, 0.15) is 5.56 Å². The van der Waals surface area contributed by atoms with Crippen molar-refractivity contribution < 1.29 is 9.26 Å². The van der Waals surface area contributed by atoms with E-state index in [9.17, 15) is 4.79 Å². The Hall–Kier alpha value is -3.22. The van der Waals surface area contributed by atoms with E-state index in [0.29, 0.717) is 16.7 Å². The van der Waals surface area contributed by atoms with Gasteiger partial charge in [0.15, 0.2) is 5.58 Å². The van der Waals surface area contributed by atoms with Gasteiger partial charge < -0.3 is 13.8 Å². The Labute approximate surface area is 174 Å². The van der Waals surface area contributed by atoms with Crippen LogP contribution >= 0.6 is 0 Å². The maximum atomic E-state index is 13.2. The standard InChI is InChI=1S/C24H23N3O3/c1-26-20(18-9-7-17(8-10-18)16-27-11-13-29-14-12-27)15-21-22(24(26)28)23(25-30-21)19-5-3-2-4-6-19/h2-10,15H,11-14,16H2,1H3. The van der Waals surface area contributed by atoms with Gasteiger partial charge in [0.25, 0.3) is 5.56 Å². The summed E-state index contributed by atoms with van der Waals surface area (Å²) < 4.78 is 12.6. The highest BCUT2D eigenvalue weighted by Crippen LogP contribution is 2.28. The number of hydrogen-bond donors (Lipinski definition) is 0. The third-order valence-electron chi connectivity index (χ3n) is 5.67. The fraction of sp³-hybridized carbons (Fsp3) is 0.250. The molecule has 6 nitrogen and oxygen atoms in total. The van der Waals surface area contributed by atoms with E-state index in [1.54, 1.807) is 11.6 Å². The number of rotatable bonds is 4. The van der Waals surface area contributed by atoms with Crippen LogP contribution in [0.3, 0.4) is 0 Å². The van der Waals surface area contributed by atoms with Crippen LogP contribution in [0, 0.1) is 0 Å². The maximum absolute atomic E-state index is 13.2. The molecule has 6 heteroatoms. The zero-order chi connectivity index (χ0) is 20.5. The van der Waals surface area contributed by atoms with Crippen molar-refractivity contribution in [2.75, 3.05) is 26.3 Å². The van der Waals surface area contributed by atoms with Crippen molar-refractivity contribution in [1.29, 1.82) is 0 Å². The van der Waals surface area contributed by atoms with Crippen molar-refractivity contribution in [1.82, 2.24) is 14.6 Å². The number of morpholine rings is 1. The quantitative estimate of drug-likeness (QED) is 0.522. The van der Waals surface area contributed by atoms with Crippen LogP contribution in [0.2, 0.25) is 0 Å². The minimum atomic E-state index is -0.111. The number of hydrogen-bond acceptors (Lipinski definition) is 5. The second kappa shape index (κ2) is 7.89. The Kier molecular flexibility index (Phi) is 4.94. The van der Waals surface area contributed by atoms with Gasteiger partial charge in [-0.1, -0.05) is 59.8 Å². The SMILES string of the molecule is Cn1c(-c2ccc(CN3CCOCC3)cc2)cc2onc(-c3ccccc3)c2c1=O. The summed E-state index contributed by atoms with van der Waals surface area (Å²) in [4.78, 5) is 15.5. The predicted molar refractivity (Wildman–Crippen MR) is 116 cm³/mol. The zero-order valence-corrected chi connectivity index (χ0v) is 16.9. The highest BCUT2D eigenvalue weighted by Gasteiger charge is 2.18. The van der Waals surface area contributed by atoms with Crippen LogP contribution in [0.4, 0.5) is 0 Å². The molecule has 0 spiro atoms. The van der Waals surface area contributed by atoms with E-state index < -0.39 is 0 Å². The van der Waals surface area contributed by atoms with Gasteiger partial charge in [0.2, 0.25) is 0 Å². The van der Waals surface area contributed by atoms with E-state index >= 15 is 0 Å². The number of ether oxygens (including phenoxy) is 1. The molecule has 0 N–H and O–H groups in total. The van der Waals surface area contributed by atoms with E-state index in [-0.39, 0.29) is 5.56 Å². The molecule has 1 aliphatic heterocycles. The molecule has 1 fully saturated rings. The van der Waals surface area contributed by atoms with Crippen LogP contribution in [-0.4, -0.2) is 40.9 Å². The molecule has 5 rings (SSSR count). The van der Waals surface area contributed by atoms with Crippen molar-refractivity contribution in [3.05, 3.63) is 76.6 Å². The zero-order valence-electron chi connectivity index (χ0n) is 16.9. The predicted octanol–water partition coefficient (Wildman–Crippen LogP) is 3.69. The summed E-state index contributed by atoms with van der Waals surface area (Å²) in [5, 5.41) is 4.69. The monoisotopic (exact) mass is 401 g/mol. The summed E-state index contributed by atoms with van der Waals surface area (Å²) in [6, 6.07) is 19.9. The van der Waals surface area contributed by atoms with Crippen molar-refractivity contribution in [3.63, 3.8) is 0 Å². The van der Waals surface area contributed by atoms with Crippen molar-refractivity contribution >= 4 is 11.0 Å². The average Bonchev–Trinajstić information content (AvgIpc) is 3.22. The minimum absolute atomic E-state index is 0.111. The summed E-state index contributed by atoms with van der Waals surface area (Å²) in [6.07, 6.45) is 0. The highest BCUT2D eigenvalue weighted by molar-refractivity contribution is 5.92. The number of aromatic nitrogens is 2. The largest absolute Gasteiger partial charge is 0.379 e. The molecule has 0 bridgehead atoms. The molecule has 2 aromatic heterocycles. The molecule has 0 amide bonds. The third-order valence-corrected chi connectivity index (χ3v) is 5.67. The summed E-state index contributed by atoms with van der Waals surface area (Å²) in [5.41, 5.74) is 4.87. The molecule has 0 atom stereocenters. The summed E-state index contributed by atoms with van der Waals surface area (Å²) in [6.45, 7) is 4.42. The van der Waals surface area contributed by atoms with Crippen LogP contribution in [0.15, 0.2) is 70.0 Å². The van der Waals surface area contributed by atoms with Gasteiger partial charge >= 0.3 is 0 Å².